The van der Waals surface area contributed by atoms with Gasteiger partial charge in [0.15, 0.2) is 5.78 Å². The van der Waals surface area contributed by atoms with Crippen molar-refractivity contribution in [1.82, 2.24) is 0 Å². The van der Waals surface area contributed by atoms with Crippen molar-refractivity contribution in [2.75, 3.05) is 11.5 Å². The molecule has 0 saturated carbocycles. The van der Waals surface area contributed by atoms with Crippen LogP contribution in [0.5, 0.6) is 5.75 Å². The van der Waals surface area contributed by atoms with Gasteiger partial charge in [-0.25, -0.2) is 0 Å². The molecule has 0 aromatic heterocycles. The van der Waals surface area contributed by atoms with Gasteiger partial charge in [0.1, 0.15) is 18.1 Å². The van der Waals surface area contributed by atoms with Gasteiger partial charge in [0.05, 0.1) is 11.1 Å². The van der Waals surface area contributed by atoms with Crippen LogP contribution in [0.3, 0.4) is 0 Å². The van der Waals surface area contributed by atoms with Gasteiger partial charge in [-0.15, -0.1) is 0 Å². The minimum atomic E-state index is -0.205. The van der Waals surface area contributed by atoms with E-state index in [0.29, 0.717) is 16.9 Å². The molecule has 0 saturated heterocycles. The summed E-state index contributed by atoms with van der Waals surface area (Å²) in [6.45, 7) is 0.0452. The number of hydrogen-bond donors (Lipinski definition) is 1. The Morgan fingerprint density at radius 1 is 0.688 bits per heavy atom. The van der Waals surface area contributed by atoms with Crippen molar-refractivity contribution in [3.8, 4) is 5.75 Å². The third-order valence-corrected chi connectivity index (χ3v) is 5.49. The van der Waals surface area contributed by atoms with Gasteiger partial charge in [0.25, 0.3) is 0 Å². The number of carbonyl (C=O) groups excluding carboxylic acids is 1. The van der Waals surface area contributed by atoms with Crippen molar-refractivity contribution in [3.05, 3.63) is 126 Å². The topological polar surface area (TPSA) is 49.8 Å². The van der Waals surface area contributed by atoms with Crippen LogP contribution < -0.4 is 9.64 Å². The molecule has 0 fully saturated rings. The second-order valence-corrected chi connectivity index (χ2v) is 7.49. The molecule has 5 rings (SSSR count). The molecule has 0 atom stereocenters. The third kappa shape index (κ3) is 3.63. The summed E-state index contributed by atoms with van der Waals surface area (Å²) in [6, 6.07) is 34.8. The predicted octanol–water partition coefficient (Wildman–Crippen LogP) is 6.70. The van der Waals surface area contributed by atoms with Gasteiger partial charge in [0.2, 0.25) is 0 Å². The standard InChI is InChI=1S/C28H21NO3/c30-27(25-19-32-26-14-8-7-13-24(26)28(25)31)20-15-17-23(18-16-20)29(21-9-3-1-4-10-21)22-11-5-2-6-12-22/h1-18,30H,19H2/b27-25+. The molecule has 0 spiro atoms. The van der Waals surface area contributed by atoms with Gasteiger partial charge in [-0.05, 0) is 60.7 Å². The van der Waals surface area contributed by atoms with E-state index >= 15 is 0 Å². The Bertz CT molecular complexity index is 1240. The number of aliphatic hydroxyl groups excluding tert-OH is 1. The number of rotatable bonds is 4. The molecular formula is C28H21NO3. The Hall–Kier alpha value is -4.31. The fourth-order valence-electron chi connectivity index (χ4n) is 3.88. The Morgan fingerprint density at radius 2 is 1.22 bits per heavy atom. The summed E-state index contributed by atoms with van der Waals surface area (Å²) in [5.41, 5.74) is 4.31. The van der Waals surface area contributed by atoms with E-state index in [4.69, 9.17) is 4.74 Å². The number of aliphatic hydroxyl groups is 1. The van der Waals surface area contributed by atoms with Crippen LogP contribution in [-0.4, -0.2) is 17.5 Å². The quantitative estimate of drug-likeness (QED) is 0.295. The molecule has 4 heteroatoms. The lowest BCUT2D eigenvalue weighted by Gasteiger charge is -2.25. The van der Waals surface area contributed by atoms with E-state index in [9.17, 15) is 9.90 Å². The van der Waals surface area contributed by atoms with E-state index in [1.54, 1.807) is 18.2 Å². The predicted molar refractivity (Wildman–Crippen MR) is 127 cm³/mol. The highest BCUT2D eigenvalue weighted by Crippen LogP contribution is 2.35. The van der Waals surface area contributed by atoms with Crippen molar-refractivity contribution < 1.29 is 14.6 Å². The van der Waals surface area contributed by atoms with Crippen LogP contribution in [0.2, 0.25) is 0 Å². The maximum absolute atomic E-state index is 12.9. The van der Waals surface area contributed by atoms with Crippen LogP contribution in [0.25, 0.3) is 5.76 Å². The maximum atomic E-state index is 12.9. The molecule has 1 heterocycles. The average molecular weight is 419 g/mol. The lowest BCUT2D eigenvalue weighted by Crippen LogP contribution is -2.20. The lowest BCUT2D eigenvalue weighted by atomic mass is 9.97. The van der Waals surface area contributed by atoms with Gasteiger partial charge in [-0.2, -0.15) is 0 Å². The Labute approximate surface area is 186 Å². The van der Waals surface area contributed by atoms with Crippen LogP contribution in [-0.2, 0) is 0 Å². The highest BCUT2D eigenvalue weighted by molar-refractivity contribution is 6.15. The highest BCUT2D eigenvalue weighted by atomic mass is 16.5. The summed E-state index contributed by atoms with van der Waals surface area (Å²) in [4.78, 5) is 15.0. The molecule has 1 aliphatic heterocycles. The van der Waals surface area contributed by atoms with Gasteiger partial charge in [-0.3, -0.25) is 4.79 Å². The first kappa shape index (κ1) is 19.6. The molecule has 32 heavy (non-hydrogen) atoms. The summed E-state index contributed by atoms with van der Waals surface area (Å²) in [5.74, 6) is 0.288. The Kier molecular flexibility index (Phi) is 5.18. The number of para-hydroxylation sites is 3. The lowest BCUT2D eigenvalue weighted by molar-refractivity contribution is 0.0997. The number of benzene rings is 4. The van der Waals surface area contributed by atoms with Crippen molar-refractivity contribution >= 4 is 28.6 Å². The molecule has 0 unspecified atom stereocenters. The number of carbonyl (C=O) groups is 1. The van der Waals surface area contributed by atoms with Gasteiger partial charge < -0.3 is 14.7 Å². The van der Waals surface area contributed by atoms with Crippen molar-refractivity contribution in [3.63, 3.8) is 0 Å². The highest BCUT2D eigenvalue weighted by Gasteiger charge is 2.26. The van der Waals surface area contributed by atoms with E-state index < -0.39 is 0 Å². The van der Waals surface area contributed by atoms with Gasteiger partial charge in [-0.1, -0.05) is 48.5 Å². The fraction of sp³-hybridized carbons (Fsp3) is 0.0357. The molecule has 0 radical (unpaired) electrons. The minimum absolute atomic E-state index is 0.0452. The normalized spacial score (nSPS) is 14.3. The van der Waals surface area contributed by atoms with E-state index in [2.05, 4.69) is 29.2 Å². The maximum Gasteiger partial charge on any atom is 0.199 e. The Morgan fingerprint density at radius 3 is 1.84 bits per heavy atom. The molecule has 0 aliphatic carbocycles. The molecule has 4 aromatic carbocycles. The summed E-state index contributed by atoms with van der Waals surface area (Å²) in [6.07, 6.45) is 0. The summed E-state index contributed by atoms with van der Waals surface area (Å²) < 4.78 is 5.68. The zero-order valence-electron chi connectivity index (χ0n) is 17.3. The number of anilines is 3. The van der Waals surface area contributed by atoms with E-state index in [0.717, 1.165) is 17.1 Å². The third-order valence-electron chi connectivity index (χ3n) is 5.49. The summed E-state index contributed by atoms with van der Waals surface area (Å²) in [5, 5.41) is 10.9. The second-order valence-electron chi connectivity index (χ2n) is 7.49. The first-order valence-electron chi connectivity index (χ1n) is 10.4. The number of Topliss-reactive ketones (excluding diaryl/α,β-unsaturated/α-hetero) is 1. The monoisotopic (exact) mass is 419 g/mol. The Balaban J connectivity index is 1.51. The van der Waals surface area contributed by atoms with Crippen LogP contribution in [0.15, 0.2) is 115 Å². The number of hydrogen-bond acceptors (Lipinski definition) is 4. The van der Waals surface area contributed by atoms with Crippen molar-refractivity contribution in [1.29, 1.82) is 0 Å². The summed E-state index contributed by atoms with van der Waals surface area (Å²) >= 11 is 0. The minimum Gasteiger partial charge on any atom is -0.507 e. The molecule has 4 aromatic rings. The van der Waals surface area contributed by atoms with Crippen molar-refractivity contribution in [2.24, 2.45) is 0 Å². The van der Waals surface area contributed by atoms with E-state index in [1.165, 1.54) is 0 Å². The van der Waals surface area contributed by atoms with Crippen LogP contribution in [0.4, 0.5) is 17.1 Å². The molecule has 1 aliphatic rings. The smallest absolute Gasteiger partial charge is 0.199 e. The molecular weight excluding hydrogens is 398 g/mol. The SMILES string of the molecule is O=C1/C(=C(/O)c2ccc(N(c3ccccc3)c3ccccc3)cc2)COc2ccccc21. The van der Waals surface area contributed by atoms with Gasteiger partial charge >= 0.3 is 0 Å². The van der Waals surface area contributed by atoms with Crippen LogP contribution in [0, 0.1) is 0 Å². The van der Waals surface area contributed by atoms with E-state index in [1.807, 2.05) is 66.7 Å². The molecule has 4 nitrogen and oxygen atoms in total. The van der Waals surface area contributed by atoms with Crippen molar-refractivity contribution in [2.45, 2.75) is 0 Å². The van der Waals surface area contributed by atoms with Gasteiger partial charge in [0, 0.05) is 22.6 Å². The number of nitrogens with zero attached hydrogens (tertiary/aromatic N) is 1. The fourth-order valence-corrected chi connectivity index (χ4v) is 3.88. The molecule has 1 N–H and O–H groups in total. The van der Waals surface area contributed by atoms with Crippen LogP contribution in [0.1, 0.15) is 15.9 Å². The second kappa shape index (κ2) is 8.44. The number of ether oxygens (including phenoxy) is 1. The van der Waals surface area contributed by atoms with E-state index in [-0.39, 0.29) is 23.7 Å². The molecule has 0 amide bonds. The number of fused-ring (bicyclic) bond motifs is 1. The first-order chi connectivity index (χ1) is 15.7. The number of ketones is 1. The largest absolute Gasteiger partial charge is 0.507 e. The first-order valence-corrected chi connectivity index (χ1v) is 10.4. The summed E-state index contributed by atoms with van der Waals surface area (Å²) in [7, 11) is 0. The molecule has 156 valence electrons. The van der Waals surface area contributed by atoms with Crippen LogP contribution >= 0.6 is 0 Å². The zero-order chi connectivity index (χ0) is 21.9. The average Bonchev–Trinajstić information content (AvgIpc) is 2.86. The zero-order valence-corrected chi connectivity index (χ0v) is 17.3. The molecule has 0 bridgehead atoms.